The average molecular weight is 514 g/mol. The molecule has 1 aromatic carbocycles. The molecule has 0 radical (unpaired) electrons. The standard InChI is InChI=1S/C23H23N5O5S2/c1-30-14-7-17(32-11-13-12-34-20(26-13)23(29)3-5-24-6-4-23)15-9-19(33-18(15)8-14)16-10-25-21-28(16)27-22(31-2)35-21/h7-10,12,24,29H,3-6,11H2,1-2H3. The summed E-state index contributed by atoms with van der Waals surface area (Å²) in [4.78, 5) is 9.78. The van der Waals surface area contributed by atoms with E-state index in [0.717, 1.165) is 29.2 Å². The number of rotatable bonds is 7. The molecule has 1 fully saturated rings. The second kappa shape index (κ2) is 8.79. The summed E-state index contributed by atoms with van der Waals surface area (Å²) in [5, 5.41) is 22.6. The largest absolute Gasteiger partial charge is 0.496 e. The minimum absolute atomic E-state index is 0.258. The molecule has 6 rings (SSSR count). The molecule has 35 heavy (non-hydrogen) atoms. The molecule has 1 saturated heterocycles. The second-order valence-corrected chi connectivity index (χ2v) is 10.0. The topological polar surface area (TPSA) is 116 Å². The second-order valence-electron chi connectivity index (χ2n) is 8.27. The molecule has 0 atom stereocenters. The van der Waals surface area contributed by atoms with Crippen LogP contribution in [0.1, 0.15) is 23.5 Å². The van der Waals surface area contributed by atoms with Gasteiger partial charge in [-0.3, -0.25) is 0 Å². The van der Waals surface area contributed by atoms with Crippen molar-refractivity contribution in [2.45, 2.75) is 25.0 Å². The minimum atomic E-state index is -0.869. The van der Waals surface area contributed by atoms with Gasteiger partial charge in [0.05, 0.1) is 31.5 Å². The lowest BCUT2D eigenvalue weighted by Gasteiger charge is -2.30. The van der Waals surface area contributed by atoms with Gasteiger partial charge in [-0.25, -0.2) is 9.97 Å². The van der Waals surface area contributed by atoms with E-state index < -0.39 is 5.60 Å². The lowest BCUT2D eigenvalue weighted by atomic mass is 9.93. The summed E-state index contributed by atoms with van der Waals surface area (Å²) < 4.78 is 24.7. The van der Waals surface area contributed by atoms with Gasteiger partial charge in [0.2, 0.25) is 4.96 Å². The van der Waals surface area contributed by atoms with Gasteiger partial charge in [-0.05, 0) is 43.3 Å². The Balaban J connectivity index is 1.30. The molecule has 2 N–H and O–H groups in total. The summed E-state index contributed by atoms with van der Waals surface area (Å²) >= 11 is 2.82. The Morgan fingerprint density at radius 1 is 1.20 bits per heavy atom. The van der Waals surface area contributed by atoms with Crippen LogP contribution >= 0.6 is 22.7 Å². The van der Waals surface area contributed by atoms with E-state index in [0.29, 0.717) is 51.5 Å². The van der Waals surface area contributed by atoms with Crippen LogP contribution < -0.4 is 19.5 Å². The zero-order valence-corrected chi connectivity index (χ0v) is 20.7. The van der Waals surface area contributed by atoms with Crippen molar-refractivity contribution >= 4 is 38.6 Å². The SMILES string of the molecule is COc1cc(OCc2csc(C3(O)CCNCC3)n2)c2cc(-c3cnc4sc(OC)nn34)oc2c1. The van der Waals surface area contributed by atoms with Crippen molar-refractivity contribution in [3.63, 3.8) is 0 Å². The molecular formula is C23H23N5O5S2. The summed E-state index contributed by atoms with van der Waals surface area (Å²) in [7, 11) is 3.18. The maximum absolute atomic E-state index is 11.0. The number of hydrogen-bond donors (Lipinski definition) is 2. The average Bonchev–Trinajstić information content (AvgIpc) is 3.65. The molecule has 1 aliphatic heterocycles. The minimum Gasteiger partial charge on any atom is -0.496 e. The molecule has 12 heteroatoms. The molecule has 0 amide bonds. The zero-order chi connectivity index (χ0) is 24.0. The Bertz CT molecular complexity index is 1500. The van der Waals surface area contributed by atoms with Gasteiger partial charge in [-0.15, -0.1) is 16.4 Å². The first kappa shape index (κ1) is 22.3. The Labute approximate surface area is 208 Å². The van der Waals surface area contributed by atoms with Crippen molar-refractivity contribution in [2.75, 3.05) is 27.3 Å². The fourth-order valence-electron chi connectivity index (χ4n) is 4.16. The van der Waals surface area contributed by atoms with E-state index in [2.05, 4.69) is 20.4 Å². The molecule has 0 aliphatic carbocycles. The predicted octanol–water partition coefficient (Wildman–Crippen LogP) is 3.83. The molecule has 5 heterocycles. The van der Waals surface area contributed by atoms with Crippen molar-refractivity contribution < 1.29 is 23.7 Å². The fraction of sp³-hybridized carbons (Fsp3) is 0.348. The molecule has 5 aromatic rings. The number of methoxy groups -OCH3 is 2. The summed E-state index contributed by atoms with van der Waals surface area (Å²) in [5.74, 6) is 1.83. The van der Waals surface area contributed by atoms with Crippen LogP contribution in [0.15, 0.2) is 34.2 Å². The van der Waals surface area contributed by atoms with Gasteiger partial charge in [0.25, 0.3) is 5.19 Å². The highest BCUT2D eigenvalue weighted by Crippen LogP contribution is 2.38. The van der Waals surface area contributed by atoms with Gasteiger partial charge in [-0.2, -0.15) is 4.52 Å². The maximum Gasteiger partial charge on any atom is 0.294 e. The molecule has 4 aromatic heterocycles. The van der Waals surface area contributed by atoms with Crippen LogP contribution in [-0.4, -0.2) is 52.0 Å². The Morgan fingerprint density at radius 2 is 2.06 bits per heavy atom. The molecular weight excluding hydrogens is 490 g/mol. The highest BCUT2D eigenvalue weighted by atomic mass is 32.1. The lowest BCUT2D eigenvalue weighted by Crippen LogP contribution is -2.39. The van der Waals surface area contributed by atoms with Crippen LogP contribution in [-0.2, 0) is 12.2 Å². The fourth-order valence-corrected chi connectivity index (χ4v) is 5.82. The summed E-state index contributed by atoms with van der Waals surface area (Å²) in [6.45, 7) is 1.82. The van der Waals surface area contributed by atoms with E-state index in [-0.39, 0.29) is 6.61 Å². The highest BCUT2D eigenvalue weighted by Gasteiger charge is 2.34. The van der Waals surface area contributed by atoms with E-state index in [1.807, 2.05) is 23.6 Å². The zero-order valence-electron chi connectivity index (χ0n) is 19.1. The monoisotopic (exact) mass is 513 g/mol. The van der Waals surface area contributed by atoms with Crippen LogP contribution in [0.2, 0.25) is 0 Å². The van der Waals surface area contributed by atoms with Crippen LogP contribution in [0.3, 0.4) is 0 Å². The Morgan fingerprint density at radius 3 is 2.86 bits per heavy atom. The Kier molecular flexibility index (Phi) is 5.60. The van der Waals surface area contributed by atoms with Gasteiger partial charge >= 0.3 is 0 Å². The van der Waals surface area contributed by atoms with Crippen molar-refractivity contribution in [3.8, 4) is 28.1 Å². The number of piperidine rings is 1. The molecule has 0 bridgehead atoms. The molecule has 1 aliphatic rings. The number of nitrogens with zero attached hydrogens (tertiary/aromatic N) is 4. The van der Waals surface area contributed by atoms with Gasteiger partial charge in [0.1, 0.15) is 40.0 Å². The van der Waals surface area contributed by atoms with Gasteiger partial charge in [0.15, 0.2) is 5.76 Å². The highest BCUT2D eigenvalue weighted by molar-refractivity contribution is 7.18. The van der Waals surface area contributed by atoms with E-state index in [1.165, 1.54) is 22.7 Å². The van der Waals surface area contributed by atoms with Crippen LogP contribution in [0, 0.1) is 0 Å². The maximum atomic E-state index is 11.0. The van der Waals surface area contributed by atoms with Crippen molar-refractivity contribution in [1.29, 1.82) is 0 Å². The number of nitrogens with one attached hydrogen (secondary N) is 1. The quantitative estimate of drug-likeness (QED) is 0.335. The molecule has 0 spiro atoms. The van der Waals surface area contributed by atoms with Gasteiger partial charge in [0, 0.05) is 17.5 Å². The van der Waals surface area contributed by atoms with Crippen molar-refractivity contribution in [1.82, 2.24) is 24.9 Å². The van der Waals surface area contributed by atoms with Crippen LogP contribution in [0.25, 0.3) is 27.4 Å². The third kappa shape index (κ3) is 4.01. The van der Waals surface area contributed by atoms with Gasteiger partial charge in [-0.1, -0.05) is 0 Å². The first-order valence-corrected chi connectivity index (χ1v) is 12.8. The number of furan rings is 1. The van der Waals surface area contributed by atoms with E-state index in [4.69, 9.17) is 18.6 Å². The number of imidazole rings is 1. The number of aromatic nitrogens is 4. The number of aliphatic hydroxyl groups is 1. The summed E-state index contributed by atoms with van der Waals surface area (Å²) in [5.41, 5.74) is 1.23. The third-order valence-corrected chi connectivity index (χ3v) is 8.03. The van der Waals surface area contributed by atoms with Crippen LogP contribution in [0.5, 0.6) is 16.7 Å². The van der Waals surface area contributed by atoms with Gasteiger partial charge < -0.3 is 29.1 Å². The third-order valence-electron chi connectivity index (χ3n) is 6.06. The number of hydrogen-bond acceptors (Lipinski definition) is 11. The lowest BCUT2D eigenvalue weighted by molar-refractivity contribution is 0.00553. The van der Waals surface area contributed by atoms with E-state index in [9.17, 15) is 5.11 Å². The first-order chi connectivity index (χ1) is 17.1. The first-order valence-electron chi connectivity index (χ1n) is 11.1. The van der Waals surface area contributed by atoms with Crippen LogP contribution in [0.4, 0.5) is 0 Å². The van der Waals surface area contributed by atoms with E-state index >= 15 is 0 Å². The number of thiazole rings is 1. The predicted molar refractivity (Wildman–Crippen MR) is 132 cm³/mol. The summed E-state index contributed by atoms with van der Waals surface area (Å²) in [6.07, 6.45) is 3.03. The molecule has 10 nitrogen and oxygen atoms in total. The summed E-state index contributed by atoms with van der Waals surface area (Å²) in [6, 6.07) is 5.55. The number of benzene rings is 1. The molecule has 0 saturated carbocycles. The van der Waals surface area contributed by atoms with Crippen molar-refractivity contribution in [2.24, 2.45) is 0 Å². The Hall–Kier alpha value is -3.19. The number of ether oxygens (including phenoxy) is 3. The van der Waals surface area contributed by atoms with E-state index in [1.54, 1.807) is 24.9 Å². The van der Waals surface area contributed by atoms with Crippen molar-refractivity contribution in [3.05, 3.63) is 40.5 Å². The normalized spacial score (nSPS) is 15.6. The molecule has 0 unspecified atom stereocenters. The number of fused-ring (bicyclic) bond motifs is 2. The smallest absolute Gasteiger partial charge is 0.294 e. The molecule has 182 valence electrons.